The van der Waals surface area contributed by atoms with E-state index < -0.39 is 0 Å². The van der Waals surface area contributed by atoms with Crippen molar-refractivity contribution in [1.82, 2.24) is 4.98 Å². The van der Waals surface area contributed by atoms with Gasteiger partial charge in [-0.2, -0.15) is 0 Å². The lowest BCUT2D eigenvalue weighted by atomic mass is 10.1. The first-order chi connectivity index (χ1) is 10.1. The summed E-state index contributed by atoms with van der Waals surface area (Å²) in [5.41, 5.74) is 7.73. The molecule has 1 amide bonds. The van der Waals surface area contributed by atoms with Crippen molar-refractivity contribution in [3.63, 3.8) is 0 Å². The number of anilines is 2. The zero-order chi connectivity index (χ0) is 15.2. The van der Waals surface area contributed by atoms with E-state index in [1.54, 1.807) is 24.4 Å². The highest BCUT2D eigenvalue weighted by Crippen LogP contribution is 2.23. The van der Waals surface area contributed by atoms with Gasteiger partial charge in [-0.1, -0.05) is 13.0 Å². The number of carbonyl (C=O) groups excluding carboxylic acids is 1. The van der Waals surface area contributed by atoms with E-state index in [2.05, 4.69) is 10.3 Å². The van der Waals surface area contributed by atoms with Gasteiger partial charge >= 0.3 is 0 Å². The molecule has 5 nitrogen and oxygen atoms in total. The molecule has 3 N–H and O–H groups in total. The molecule has 0 saturated heterocycles. The van der Waals surface area contributed by atoms with E-state index in [1.165, 1.54) is 0 Å². The normalized spacial score (nSPS) is 10.2. The maximum Gasteiger partial charge on any atom is 0.256 e. The molecule has 5 heteroatoms. The Bertz CT molecular complexity index is 641. The largest absolute Gasteiger partial charge is 0.491 e. The number of nitrogens with one attached hydrogen (secondary N) is 1. The van der Waals surface area contributed by atoms with E-state index in [0.29, 0.717) is 29.4 Å². The van der Waals surface area contributed by atoms with E-state index in [0.717, 1.165) is 12.0 Å². The quantitative estimate of drug-likeness (QED) is 0.828. The Morgan fingerprint density at radius 1 is 1.38 bits per heavy atom. The minimum Gasteiger partial charge on any atom is -0.491 e. The summed E-state index contributed by atoms with van der Waals surface area (Å²) in [6.07, 6.45) is 2.54. The summed E-state index contributed by atoms with van der Waals surface area (Å²) in [5.74, 6) is 0.903. The van der Waals surface area contributed by atoms with Gasteiger partial charge in [-0.15, -0.1) is 0 Å². The number of carbonyl (C=O) groups is 1. The van der Waals surface area contributed by atoms with Gasteiger partial charge in [0.15, 0.2) is 0 Å². The number of ether oxygens (including phenoxy) is 1. The lowest BCUT2D eigenvalue weighted by molar-refractivity contribution is 0.102. The van der Waals surface area contributed by atoms with Crippen molar-refractivity contribution in [3.05, 3.63) is 47.7 Å². The number of pyridine rings is 1. The number of benzene rings is 1. The molecule has 0 aliphatic rings. The molecule has 0 aliphatic heterocycles. The second-order valence-corrected chi connectivity index (χ2v) is 4.72. The molecule has 0 bridgehead atoms. The Labute approximate surface area is 124 Å². The number of hydrogen-bond donors (Lipinski definition) is 2. The molecule has 1 aromatic carbocycles. The van der Waals surface area contributed by atoms with Crippen molar-refractivity contribution >= 4 is 17.4 Å². The molecular weight excluding hydrogens is 266 g/mol. The summed E-state index contributed by atoms with van der Waals surface area (Å²) in [7, 11) is 0. The lowest BCUT2D eigenvalue weighted by Gasteiger charge is -2.10. The van der Waals surface area contributed by atoms with Crippen molar-refractivity contribution in [2.75, 3.05) is 17.7 Å². The van der Waals surface area contributed by atoms with Crippen LogP contribution in [0.25, 0.3) is 0 Å². The Hall–Kier alpha value is -2.56. The second kappa shape index (κ2) is 6.74. The van der Waals surface area contributed by atoms with Crippen molar-refractivity contribution < 1.29 is 9.53 Å². The summed E-state index contributed by atoms with van der Waals surface area (Å²) in [6, 6.07) is 8.72. The lowest BCUT2D eigenvalue weighted by Crippen LogP contribution is -2.14. The molecule has 0 spiro atoms. The highest BCUT2D eigenvalue weighted by molar-refractivity contribution is 6.04. The zero-order valence-electron chi connectivity index (χ0n) is 12.2. The van der Waals surface area contributed by atoms with E-state index in [-0.39, 0.29) is 5.91 Å². The maximum absolute atomic E-state index is 12.2. The number of nitrogens with two attached hydrogens (primary N) is 1. The second-order valence-electron chi connectivity index (χ2n) is 4.72. The van der Waals surface area contributed by atoms with Gasteiger partial charge in [0, 0.05) is 11.8 Å². The highest BCUT2D eigenvalue weighted by atomic mass is 16.5. The van der Waals surface area contributed by atoms with Crippen molar-refractivity contribution in [3.8, 4) is 5.75 Å². The molecule has 0 fully saturated rings. The van der Waals surface area contributed by atoms with E-state index >= 15 is 0 Å². The van der Waals surface area contributed by atoms with E-state index in [9.17, 15) is 4.79 Å². The van der Waals surface area contributed by atoms with Gasteiger partial charge in [0.05, 0.1) is 12.3 Å². The number of nitrogens with zero attached hydrogens (tertiary/aromatic N) is 1. The van der Waals surface area contributed by atoms with Crippen LogP contribution in [0, 0.1) is 6.92 Å². The van der Waals surface area contributed by atoms with Crippen molar-refractivity contribution in [1.29, 1.82) is 0 Å². The zero-order valence-corrected chi connectivity index (χ0v) is 12.2. The molecule has 1 aromatic heterocycles. The summed E-state index contributed by atoms with van der Waals surface area (Å²) >= 11 is 0. The predicted molar refractivity (Wildman–Crippen MR) is 83.6 cm³/mol. The molecule has 0 atom stereocenters. The number of amides is 1. The fourth-order valence-electron chi connectivity index (χ4n) is 1.83. The summed E-state index contributed by atoms with van der Waals surface area (Å²) in [6.45, 7) is 4.51. The third-order valence-electron chi connectivity index (χ3n) is 2.98. The highest BCUT2D eigenvalue weighted by Gasteiger charge is 2.10. The topological polar surface area (TPSA) is 77.2 Å². The first-order valence-electron chi connectivity index (χ1n) is 6.87. The number of aromatic nitrogens is 1. The van der Waals surface area contributed by atoms with Crippen LogP contribution in [0.5, 0.6) is 5.75 Å². The van der Waals surface area contributed by atoms with Gasteiger partial charge < -0.3 is 15.8 Å². The SMILES string of the molecule is CCCOc1ccc(C(=O)Nc2ncccc2C)cc1N. The first-order valence-corrected chi connectivity index (χ1v) is 6.87. The van der Waals surface area contributed by atoms with Gasteiger partial charge in [0.25, 0.3) is 5.91 Å². The van der Waals surface area contributed by atoms with Crippen LogP contribution in [0.1, 0.15) is 29.3 Å². The average molecular weight is 285 g/mol. The first kappa shape index (κ1) is 14.8. The van der Waals surface area contributed by atoms with Crippen molar-refractivity contribution in [2.24, 2.45) is 0 Å². The molecule has 110 valence electrons. The van der Waals surface area contributed by atoms with Gasteiger partial charge in [-0.25, -0.2) is 4.98 Å². The van der Waals surface area contributed by atoms with E-state index in [4.69, 9.17) is 10.5 Å². The van der Waals surface area contributed by atoms with Crippen LogP contribution in [0.15, 0.2) is 36.5 Å². The average Bonchev–Trinajstić information content (AvgIpc) is 2.48. The number of hydrogen-bond acceptors (Lipinski definition) is 4. The van der Waals surface area contributed by atoms with Crippen molar-refractivity contribution in [2.45, 2.75) is 20.3 Å². The van der Waals surface area contributed by atoms with Crippen LogP contribution >= 0.6 is 0 Å². The fourth-order valence-corrected chi connectivity index (χ4v) is 1.83. The number of rotatable bonds is 5. The molecule has 21 heavy (non-hydrogen) atoms. The molecule has 1 heterocycles. The molecule has 0 saturated carbocycles. The Morgan fingerprint density at radius 2 is 2.19 bits per heavy atom. The Balaban J connectivity index is 2.13. The van der Waals surface area contributed by atoms with Crippen LogP contribution in [0.2, 0.25) is 0 Å². The molecule has 0 radical (unpaired) electrons. The van der Waals surface area contributed by atoms with E-state index in [1.807, 2.05) is 26.0 Å². The predicted octanol–water partition coefficient (Wildman–Crippen LogP) is 3.01. The molecule has 0 aliphatic carbocycles. The molecule has 2 aromatic rings. The number of aryl methyl sites for hydroxylation is 1. The maximum atomic E-state index is 12.2. The van der Waals surface area contributed by atoms with Crippen LogP contribution < -0.4 is 15.8 Å². The minimum absolute atomic E-state index is 0.245. The molecule has 2 rings (SSSR count). The van der Waals surface area contributed by atoms with Gasteiger partial charge in [-0.05, 0) is 43.2 Å². The van der Waals surface area contributed by atoms with Gasteiger partial charge in [0.1, 0.15) is 11.6 Å². The van der Waals surface area contributed by atoms with Gasteiger partial charge in [-0.3, -0.25) is 4.79 Å². The Morgan fingerprint density at radius 3 is 2.86 bits per heavy atom. The standard InChI is InChI=1S/C16H19N3O2/c1-3-9-21-14-7-6-12(10-13(14)17)16(20)19-15-11(2)5-4-8-18-15/h4-8,10H,3,9,17H2,1-2H3,(H,18,19,20). The summed E-state index contributed by atoms with van der Waals surface area (Å²) in [5, 5.41) is 2.77. The van der Waals surface area contributed by atoms with Crippen LogP contribution in [0.3, 0.4) is 0 Å². The fraction of sp³-hybridized carbons (Fsp3) is 0.250. The monoisotopic (exact) mass is 285 g/mol. The third kappa shape index (κ3) is 3.72. The number of nitrogen functional groups attached to an aromatic ring is 1. The smallest absolute Gasteiger partial charge is 0.256 e. The summed E-state index contributed by atoms with van der Waals surface area (Å²) in [4.78, 5) is 16.3. The van der Waals surface area contributed by atoms with Crippen LogP contribution in [-0.4, -0.2) is 17.5 Å². The van der Waals surface area contributed by atoms with Crippen LogP contribution in [0.4, 0.5) is 11.5 Å². The summed E-state index contributed by atoms with van der Waals surface area (Å²) < 4.78 is 5.49. The van der Waals surface area contributed by atoms with Crippen LogP contribution in [-0.2, 0) is 0 Å². The molecular formula is C16H19N3O2. The Kier molecular flexibility index (Phi) is 4.77. The minimum atomic E-state index is -0.245. The third-order valence-corrected chi connectivity index (χ3v) is 2.98. The van der Waals surface area contributed by atoms with Gasteiger partial charge in [0.2, 0.25) is 0 Å². The molecule has 0 unspecified atom stereocenters.